The Bertz CT molecular complexity index is 230. The molecule has 19 heavy (non-hydrogen) atoms. The first kappa shape index (κ1) is 16.8. The van der Waals surface area contributed by atoms with Gasteiger partial charge in [-0.3, -0.25) is 0 Å². The van der Waals surface area contributed by atoms with Gasteiger partial charge in [0, 0.05) is 0 Å². The molecular formula is C19H36. The lowest BCUT2D eigenvalue weighted by Crippen LogP contribution is -2.10. The SMILES string of the molecule is CCCC(CCC/C=C/C1CCC(C)CC1)C(C)C. The van der Waals surface area contributed by atoms with Crippen molar-refractivity contribution in [3.05, 3.63) is 12.2 Å². The smallest absolute Gasteiger partial charge is 0.0233 e. The summed E-state index contributed by atoms with van der Waals surface area (Å²) in [4.78, 5) is 0. The first-order chi connectivity index (χ1) is 9.13. The molecule has 0 spiro atoms. The lowest BCUT2D eigenvalue weighted by molar-refractivity contribution is 0.325. The van der Waals surface area contributed by atoms with Crippen LogP contribution in [0.15, 0.2) is 12.2 Å². The predicted molar refractivity (Wildman–Crippen MR) is 87.3 cm³/mol. The molecule has 0 radical (unpaired) electrons. The predicted octanol–water partition coefficient (Wildman–Crippen LogP) is 6.61. The number of hydrogen-bond donors (Lipinski definition) is 0. The minimum atomic E-state index is 0.865. The van der Waals surface area contributed by atoms with Crippen LogP contribution in [-0.4, -0.2) is 0 Å². The molecule has 0 amide bonds. The van der Waals surface area contributed by atoms with Crippen molar-refractivity contribution in [3.63, 3.8) is 0 Å². The van der Waals surface area contributed by atoms with Gasteiger partial charge in [-0.15, -0.1) is 0 Å². The van der Waals surface area contributed by atoms with Gasteiger partial charge >= 0.3 is 0 Å². The van der Waals surface area contributed by atoms with Crippen LogP contribution >= 0.6 is 0 Å². The fraction of sp³-hybridized carbons (Fsp3) is 0.895. The summed E-state index contributed by atoms with van der Waals surface area (Å²) < 4.78 is 0. The largest absolute Gasteiger partial charge is 0.0883 e. The Morgan fingerprint density at radius 1 is 1.05 bits per heavy atom. The van der Waals surface area contributed by atoms with E-state index in [1.807, 2.05) is 0 Å². The highest BCUT2D eigenvalue weighted by Crippen LogP contribution is 2.29. The maximum atomic E-state index is 2.52. The molecule has 112 valence electrons. The molecule has 1 aliphatic carbocycles. The van der Waals surface area contributed by atoms with E-state index in [0.29, 0.717) is 0 Å². The fourth-order valence-corrected chi connectivity index (χ4v) is 3.45. The van der Waals surface area contributed by atoms with Crippen LogP contribution in [0.4, 0.5) is 0 Å². The zero-order valence-electron chi connectivity index (χ0n) is 13.8. The topological polar surface area (TPSA) is 0 Å². The fourth-order valence-electron chi connectivity index (χ4n) is 3.45. The van der Waals surface area contributed by atoms with Crippen molar-refractivity contribution in [2.24, 2.45) is 23.7 Å². The molecule has 1 unspecified atom stereocenters. The number of rotatable bonds is 8. The van der Waals surface area contributed by atoms with Gasteiger partial charge in [-0.25, -0.2) is 0 Å². The highest BCUT2D eigenvalue weighted by Gasteiger charge is 2.15. The molecule has 0 heteroatoms. The van der Waals surface area contributed by atoms with Gasteiger partial charge in [-0.05, 0) is 55.8 Å². The van der Waals surface area contributed by atoms with E-state index in [1.165, 1.54) is 57.8 Å². The van der Waals surface area contributed by atoms with Crippen LogP contribution in [0.5, 0.6) is 0 Å². The van der Waals surface area contributed by atoms with Gasteiger partial charge in [0.15, 0.2) is 0 Å². The molecule has 0 saturated heterocycles. The molecule has 0 heterocycles. The van der Waals surface area contributed by atoms with Crippen LogP contribution in [0.25, 0.3) is 0 Å². The zero-order chi connectivity index (χ0) is 14.1. The zero-order valence-corrected chi connectivity index (χ0v) is 13.8. The highest BCUT2D eigenvalue weighted by atomic mass is 14.2. The van der Waals surface area contributed by atoms with Gasteiger partial charge < -0.3 is 0 Å². The lowest BCUT2D eigenvalue weighted by atomic mass is 9.82. The Morgan fingerprint density at radius 2 is 1.74 bits per heavy atom. The minimum absolute atomic E-state index is 0.865. The Kier molecular flexibility index (Phi) is 8.50. The molecule has 1 saturated carbocycles. The van der Waals surface area contributed by atoms with Crippen molar-refractivity contribution < 1.29 is 0 Å². The Balaban J connectivity index is 2.12. The second-order valence-corrected chi connectivity index (χ2v) is 7.17. The van der Waals surface area contributed by atoms with E-state index in [1.54, 1.807) is 0 Å². The first-order valence-corrected chi connectivity index (χ1v) is 8.80. The summed E-state index contributed by atoms with van der Waals surface area (Å²) in [5, 5.41) is 0. The van der Waals surface area contributed by atoms with Gasteiger partial charge in [0.1, 0.15) is 0 Å². The third-order valence-electron chi connectivity index (χ3n) is 5.02. The van der Waals surface area contributed by atoms with Crippen LogP contribution in [0.1, 0.15) is 85.5 Å². The van der Waals surface area contributed by atoms with E-state index in [9.17, 15) is 0 Å². The summed E-state index contributed by atoms with van der Waals surface area (Å²) in [6.45, 7) is 9.50. The average Bonchev–Trinajstić information content (AvgIpc) is 2.39. The normalized spacial score (nSPS) is 26.2. The third-order valence-corrected chi connectivity index (χ3v) is 5.02. The second-order valence-electron chi connectivity index (χ2n) is 7.17. The van der Waals surface area contributed by atoms with Gasteiger partial charge in [-0.2, -0.15) is 0 Å². The maximum Gasteiger partial charge on any atom is -0.0233 e. The van der Waals surface area contributed by atoms with Crippen molar-refractivity contribution >= 4 is 0 Å². The van der Waals surface area contributed by atoms with Gasteiger partial charge in [-0.1, -0.05) is 65.5 Å². The number of allylic oxidation sites excluding steroid dienone is 2. The summed E-state index contributed by atoms with van der Waals surface area (Å²) in [7, 11) is 0. The van der Waals surface area contributed by atoms with Gasteiger partial charge in [0.2, 0.25) is 0 Å². The van der Waals surface area contributed by atoms with Crippen molar-refractivity contribution in [1.29, 1.82) is 0 Å². The molecule has 0 aromatic rings. The van der Waals surface area contributed by atoms with E-state index in [0.717, 1.165) is 23.7 Å². The molecule has 0 aromatic heterocycles. The molecule has 0 aliphatic heterocycles. The second kappa shape index (κ2) is 9.61. The molecule has 1 atom stereocenters. The quantitative estimate of drug-likeness (QED) is 0.342. The Labute approximate surface area is 122 Å². The lowest BCUT2D eigenvalue weighted by Gasteiger charge is -2.23. The molecule has 1 aliphatic rings. The van der Waals surface area contributed by atoms with E-state index in [2.05, 4.69) is 39.8 Å². The van der Waals surface area contributed by atoms with Crippen molar-refractivity contribution in [1.82, 2.24) is 0 Å². The molecular weight excluding hydrogens is 228 g/mol. The van der Waals surface area contributed by atoms with Crippen LogP contribution in [0.3, 0.4) is 0 Å². The summed E-state index contributed by atoms with van der Waals surface area (Å²) in [5.41, 5.74) is 0. The average molecular weight is 264 g/mol. The first-order valence-electron chi connectivity index (χ1n) is 8.80. The summed E-state index contributed by atoms with van der Waals surface area (Å²) in [6, 6.07) is 0. The van der Waals surface area contributed by atoms with Gasteiger partial charge in [0.25, 0.3) is 0 Å². The van der Waals surface area contributed by atoms with Crippen LogP contribution in [-0.2, 0) is 0 Å². The van der Waals surface area contributed by atoms with Crippen LogP contribution < -0.4 is 0 Å². The summed E-state index contributed by atoms with van der Waals surface area (Å²) >= 11 is 0. The van der Waals surface area contributed by atoms with Crippen LogP contribution in [0, 0.1) is 23.7 Å². The Hall–Kier alpha value is -0.260. The minimum Gasteiger partial charge on any atom is -0.0883 e. The van der Waals surface area contributed by atoms with E-state index >= 15 is 0 Å². The van der Waals surface area contributed by atoms with Crippen LogP contribution in [0.2, 0.25) is 0 Å². The molecule has 1 fully saturated rings. The molecule has 0 bridgehead atoms. The van der Waals surface area contributed by atoms with Crippen molar-refractivity contribution in [2.45, 2.75) is 85.5 Å². The summed E-state index contributed by atoms with van der Waals surface area (Å²) in [5.74, 6) is 3.69. The summed E-state index contributed by atoms with van der Waals surface area (Å²) in [6.07, 6.45) is 17.6. The molecule has 0 aromatic carbocycles. The molecule has 1 rings (SSSR count). The highest BCUT2D eigenvalue weighted by molar-refractivity contribution is 4.90. The van der Waals surface area contributed by atoms with Crippen molar-refractivity contribution in [2.75, 3.05) is 0 Å². The maximum absolute atomic E-state index is 2.52. The van der Waals surface area contributed by atoms with E-state index < -0.39 is 0 Å². The van der Waals surface area contributed by atoms with Crippen molar-refractivity contribution in [3.8, 4) is 0 Å². The Morgan fingerprint density at radius 3 is 2.32 bits per heavy atom. The van der Waals surface area contributed by atoms with E-state index in [4.69, 9.17) is 0 Å². The van der Waals surface area contributed by atoms with E-state index in [-0.39, 0.29) is 0 Å². The van der Waals surface area contributed by atoms with Gasteiger partial charge in [0.05, 0.1) is 0 Å². The monoisotopic (exact) mass is 264 g/mol. The molecule has 0 N–H and O–H groups in total. The third kappa shape index (κ3) is 7.18. The molecule has 0 nitrogen and oxygen atoms in total. The number of unbranched alkanes of at least 4 members (excludes halogenated alkanes) is 1. The standard InChI is InChI=1S/C19H36/c1-5-9-19(16(2)3)11-8-6-7-10-18-14-12-17(4)13-15-18/h7,10,16-19H,5-6,8-9,11-15H2,1-4H3/b10-7+. The number of hydrogen-bond acceptors (Lipinski definition) is 0.